The summed E-state index contributed by atoms with van der Waals surface area (Å²) in [7, 11) is 0. The van der Waals surface area contributed by atoms with Gasteiger partial charge in [-0.25, -0.2) is 19.6 Å². The van der Waals surface area contributed by atoms with Crippen LogP contribution < -0.4 is 10.6 Å². The molecular formula is C24H23N5O3. The number of carbonyl (C=O) groups excluding carboxylic acids is 2. The lowest BCUT2D eigenvalue weighted by Crippen LogP contribution is -2.31. The number of fused-ring (bicyclic) bond motifs is 1. The summed E-state index contributed by atoms with van der Waals surface area (Å²) in [6, 6.07) is 19.9. The van der Waals surface area contributed by atoms with Crippen LogP contribution in [0.4, 0.5) is 10.5 Å². The van der Waals surface area contributed by atoms with Crippen molar-refractivity contribution in [3.8, 4) is 11.4 Å². The topological polar surface area (TPSA) is 98.1 Å². The van der Waals surface area contributed by atoms with E-state index in [1.54, 1.807) is 37.4 Å². The van der Waals surface area contributed by atoms with Crippen LogP contribution in [0.1, 0.15) is 17.3 Å². The van der Waals surface area contributed by atoms with Crippen molar-refractivity contribution in [2.75, 3.05) is 18.5 Å². The van der Waals surface area contributed by atoms with Crippen LogP contribution in [0.5, 0.6) is 0 Å². The molecule has 2 N–H and O–H groups in total. The van der Waals surface area contributed by atoms with Gasteiger partial charge in [0.05, 0.1) is 12.2 Å². The number of esters is 1. The van der Waals surface area contributed by atoms with E-state index in [1.165, 1.54) is 0 Å². The normalized spacial score (nSPS) is 10.7. The predicted octanol–water partition coefficient (Wildman–Crippen LogP) is 4.10. The number of nitrogens with zero attached hydrogens (tertiary/aromatic N) is 3. The number of nitrogens with one attached hydrogen (secondary N) is 2. The number of benzene rings is 2. The summed E-state index contributed by atoms with van der Waals surface area (Å²) in [5, 5.41) is 5.59. The Kier molecular flexibility index (Phi) is 6.41. The molecule has 0 aliphatic carbocycles. The van der Waals surface area contributed by atoms with Gasteiger partial charge in [-0.3, -0.25) is 0 Å². The fraction of sp³-hybridized carbons (Fsp3) is 0.167. The van der Waals surface area contributed by atoms with Crippen LogP contribution in [-0.4, -0.2) is 39.7 Å². The largest absolute Gasteiger partial charge is 0.462 e. The molecule has 4 rings (SSSR count). The van der Waals surface area contributed by atoms with E-state index in [9.17, 15) is 9.59 Å². The monoisotopic (exact) mass is 429 g/mol. The van der Waals surface area contributed by atoms with Crippen molar-refractivity contribution >= 4 is 28.9 Å². The Hall–Kier alpha value is -4.20. The summed E-state index contributed by atoms with van der Waals surface area (Å²) in [5.74, 6) is 0.369. The highest BCUT2D eigenvalue weighted by Crippen LogP contribution is 2.23. The van der Waals surface area contributed by atoms with Crippen LogP contribution in [0.15, 0.2) is 72.9 Å². The molecular weight excluding hydrogens is 406 g/mol. The Morgan fingerprint density at radius 2 is 1.88 bits per heavy atom. The standard InChI is InChI=1S/C24H23N5O3/c1-2-32-23(30)18-10-6-11-19(16-18)27-24(31)26-14-15-29-21(17-8-4-3-5-9-17)28-20-12-7-13-25-22(20)29/h3-13,16H,2,14-15H2,1H3,(H2,26,27,31). The number of pyridine rings is 1. The second-order valence-corrected chi connectivity index (χ2v) is 6.98. The van der Waals surface area contributed by atoms with Gasteiger partial charge in [0.15, 0.2) is 5.65 Å². The first-order chi connectivity index (χ1) is 15.7. The number of hydrogen-bond donors (Lipinski definition) is 2. The van der Waals surface area contributed by atoms with Crippen molar-refractivity contribution in [3.05, 3.63) is 78.5 Å². The Labute approximate surface area is 185 Å². The molecule has 32 heavy (non-hydrogen) atoms. The molecule has 0 aliphatic rings. The Bertz CT molecular complexity index is 1240. The van der Waals surface area contributed by atoms with E-state index in [2.05, 4.69) is 15.6 Å². The molecule has 8 heteroatoms. The maximum Gasteiger partial charge on any atom is 0.338 e. The van der Waals surface area contributed by atoms with Gasteiger partial charge in [0.25, 0.3) is 0 Å². The van der Waals surface area contributed by atoms with E-state index >= 15 is 0 Å². The van der Waals surface area contributed by atoms with Gasteiger partial charge < -0.3 is 19.9 Å². The third kappa shape index (κ3) is 4.75. The average Bonchev–Trinajstić information content (AvgIpc) is 3.19. The van der Waals surface area contributed by atoms with Crippen molar-refractivity contribution in [2.24, 2.45) is 0 Å². The third-order valence-corrected chi connectivity index (χ3v) is 4.79. The second kappa shape index (κ2) is 9.74. The van der Waals surface area contributed by atoms with E-state index in [4.69, 9.17) is 9.72 Å². The number of ether oxygens (including phenoxy) is 1. The summed E-state index contributed by atoms with van der Waals surface area (Å²) in [6.07, 6.45) is 1.73. The lowest BCUT2D eigenvalue weighted by atomic mass is 10.2. The molecule has 2 aromatic heterocycles. The molecule has 162 valence electrons. The molecule has 0 saturated heterocycles. The predicted molar refractivity (Wildman–Crippen MR) is 122 cm³/mol. The highest BCUT2D eigenvalue weighted by atomic mass is 16.5. The van der Waals surface area contributed by atoms with Gasteiger partial charge in [-0.2, -0.15) is 0 Å². The SMILES string of the molecule is CCOC(=O)c1cccc(NC(=O)NCCn2c(-c3ccccc3)nc3cccnc32)c1. The van der Waals surface area contributed by atoms with Crippen molar-refractivity contribution in [3.63, 3.8) is 0 Å². The first-order valence-electron chi connectivity index (χ1n) is 10.3. The summed E-state index contributed by atoms with van der Waals surface area (Å²) >= 11 is 0. The second-order valence-electron chi connectivity index (χ2n) is 6.98. The summed E-state index contributed by atoms with van der Waals surface area (Å²) in [5.41, 5.74) is 3.42. The zero-order valence-corrected chi connectivity index (χ0v) is 17.6. The van der Waals surface area contributed by atoms with Crippen LogP contribution in [0.3, 0.4) is 0 Å². The maximum atomic E-state index is 12.4. The molecule has 2 aromatic carbocycles. The first-order valence-corrected chi connectivity index (χ1v) is 10.3. The average molecular weight is 429 g/mol. The number of imidazole rings is 1. The van der Waals surface area contributed by atoms with E-state index in [0.717, 1.165) is 22.6 Å². The number of amides is 2. The lowest BCUT2D eigenvalue weighted by molar-refractivity contribution is 0.0526. The van der Waals surface area contributed by atoms with Crippen LogP contribution >= 0.6 is 0 Å². The van der Waals surface area contributed by atoms with Gasteiger partial charge in [-0.1, -0.05) is 36.4 Å². The smallest absolute Gasteiger partial charge is 0.338 e. The summed E-state index contributed by atoms with van der Waals surface area (Å²) in [4.78, 5) is 33.4. The van der Waals surface area contributed by atoms with Crippen LogP contribution in [0.25, 0.3) is 22.6 Å². The van der Waals surface area contributed by atoms with Crippen LogP contribution in [0, 0.1) is 0 Å². The molecule has 2 heterocycles. The number of carbonyl (C=O) groups is 2. The fourth-order valence-electron chi connectivity index (χ4n) is 3.37. The third-order valence-electron chi connectivity index (χ3n) is 4.79. The molecule has 4 aromatic rings. The van der Waals surface area contributed by atoms with Crippen molar-refractivity contribution in [1.82, 2.24) is 19.9 Å². The van der Waals surface area contributed by atoms with E-state index in [0.29, 0.717) is 30.9 Å². The maximum absolute atomic E-state index is 12.4. The minimum absolute atomic E-state index is 0.291. The van der Waals surface area contributed by atoms with Gasteiger partial charge in [0, 0.05) is 30.5 Å². The van der Waals surface area contributed by atoms with Gasteiger partial charge in [-0.05, 0) is 37.3 Å². The molecule has 0 fully saturated rings. The van der Waals surface area contributed by atoms with Gasteiger partial charge >= 0.3 is 12.0 Å². The minimum atomic E-state index is -0.426. The van der Waals surface area contributed by atoms with E-state index in [1.807, 2.05) is 47.0 Å². The zero-order valence-electron chi connectivity index (χ0n) is 17.6. The minimum Gasteiger partial charge on any atom is -0.462 e. The van der Waals surface area contributed by atoms with Gasteiger partial charge in [-0.15, -0.1) is 0 Å². The zero-order chi connectivity index (χ0) is 22.3. The van der Waals surface area contributed by atoms with Crippen LogP contribution in [-0.2, 0) is 11.3 Å². The van der Waals surface area contributed by atoms with E-state index in [-0.39, 0.29) is 6.03 Å². The van der Waals surface area contributed by atoms with Crippen molar-refractivity contribution in [2.45, 2.75) is 13.5 Å². The molecule has 0 saturated carbocycles. The highest BCUT2D eigenvalue weighted by molar-refractivity contribution is 5.93. The van der Waals surface area contributed by atoms with Gasteiger partial charge in [0.2, 0.25) is 0 Å². The van der Waals surface area contributed by atoms with Crippen molar-refractivity contribution < 1.29 is 14.3 Å². The Morgan fingerprint density at radius 1 is 1.03 bits per heavy atom. The Morgan fingerprint density at radius 3 is 2.69 bits per heavy atom. The fourth-order valence-corrected chi connectivity index (χ4v) is 3.37. The number of anilines is 1. The lowest BCUT2D eigenvalue weighted by Gasteiger charge is -2.11. The molecule has 0 atom stereocenters. The molecule has 0 radical (unpaired) electrons. The van der Waals surface area contributed by atoms with Crippen molar-refractivity contribution in [1.29, 1.82) is 0 Å². The molecule has 8 nitrogen and oxygen atoms in total. The molecule has 0 unspecified atom stereocenters. The van der Waals surface area contributed by atoms with Crippen LogP contribution in [0.2, 0.25) is 0 Å². The summed E-state index contributed by atoms with van der Waals surface area (Å²) < 4.78 is 6.99. The Balaban J connectivity index is 1.43. The quantitative estimate of drug-likeness (QED) is 0.431. The molecule has 0 bridgehead atoms. The first kappa shape index (κ1) is 21.0. The molecule has 0 aliphatic heterocycles. The van der Waals surface area contributed by atoms with E-state index < -0.39 is 5.97 Å². The summed E-state index contributed by atoms with van der Waals surface area (Å²) in [6.45, 7) is 2.90. The highest BCUT2D eigenvalue weighted by Gasteiger charge is 2.14. The molecule has 0 spiro atoms. The number of aromatic nitrogens is 3. The number of urea groups is 1. The number of hydrogen-bond acceptors (Lipinski definition) is 5. The molecule has 2 amide bonds. The van der Waals surface area contributed by atoms with Gasteiger partial charge in [0.1, 0.15) is 11.3 Å². The number of rotatable bonds is 7.